The summed E-state index contributed by atoms with van der Waals surface area (Å²) in [5, 5.41) is 3.41. The first-order valence-corrected chi connectivity index (χ1v) is 7.29. The molecular weight excluding hydrogens is 241 g/mol. The van der Waals surface area contributed by atoms with Crippen molar-refractivity contribution in [3.63, 3.8) is 0 Å². The summed E-state index contributed by atoms with van der Waals surface area (Å²) in [5.41, 5.74) is 0.830. The van der Waals surface area contributed by atoms with Crippen LogP contribution in [-0.4, -0.2) is 12.6 Å². The fourth-order valence-corrected chi connectivity index (χ4v) is 2.08. The molecule has 0 aliphatic rings. The summed E-state index contributed by atoms with van der Waals surface area (Å²) >= 11 is 0. The maximum absolute atomic E-state index is 13.8. The van der Waals surface area contributed by atoms with Crippen LogP contribution in [0.15, 0.2) is 18.2 Å². The molecule has 1 N–H and O–H groups in total. The SMILES string of the molecule is CCOc1ccc(NC(CC)CC(C)CC)cc1F. The molecule has 19 heavy (non-hydrogen) atoms. The molecule has 108 valence electrons. The Morgan fingerprint density at radius 2 is 1.95 bits per heavy atom. The van der Waals surface area contributed by atoms with Gasteiger partial charge in [-0.2, -0.15) is 0 Å². The van der Waals surface area contributed by atoms with E-state index >= 15 is 0 Å². The van der Waals surface area contributed by atoms with E-state index in [1.54, 1.807) is 6.07 Å². The highest BCUT2D eigenvalue weighted by Crippen LogP contribution is 2.23. The maximum atomic E-state index is 13.8. The molecule has 0 saturated heterocycles. The number of halogens is 1. The Balaban J connectivity index is 2.67. The average Bonchev–Trinajstić information content (AvgIpc) is 2.41. The Morgan fingerprint density at radius 3 is 2.47 bits per heavy atom. The molecule has 2 unspecified atom stereocenters. The van der Waals surface area contributed by atoms with Crippen molar-refractivity contribution in [1.29, 1.82) is 0 Å². The van der Waals surface area contributed by atoms with Crippen LogP contribution in [0.2, 0.25) is 0 Å². The van der Waals surface area contributed by atoms with Crippen LogP contribution >= 0.6 is 0 Å². The van der Waals surface area contributed by atoms with Crippen molar-refractivity contribution in [3.05, 3.63) is 24.0 Å². The van der Waals surface area contributed by atoms with E-state index in [0.29, 0.717) is 24.3 Å². The van der Waals surface area contributed by atoms with Gasteiger partial charge in [0, 0.05) is 17.8 Å². The van der Waals surface area contributed by atoms with Crippen LogP contribution in [0.5, 0.6) is 5.75 Å². The van der Waals surface area contributed by atoms with Crippen LogP contribution in [0.25, 0.3) is 0 Å². The van der Waals surface area contributed by atoms with Crippen LogP contribution in [0.4, 0.5) is 10.1 Å². The Labute approximate surface area is 116 Å². The lowest BCUT2D eigenvalue weighted by Gasteiger charge is -2.21. The zero-order valence-electron chi connectivity index (χ0n) is 12.5. The summed E-state index contributed by atoms with van der Waals surface area (Å²) < 4.78 is 19.0. The summed E-state index contributed by atoms with van der Waals surface area (Å²) in [6.45, 7) is 8.95. The molecule has 0 fully saturated rings. The van der Waals surface area contributed by atoms with Crippen molar-refractivity contribution in [3.8, 4) is 5.75 Å². The summed E-state index contributed by atoms with van der Waals surface area (Å²) in [5.74, 6) is 0.707. The van der Waals surface area contributed by atoms with Crippen molar-refractivity contribution >= 4 is 5.69 Å². The lowest BCUT2D eigenvalue weighted by atomic mass is 9.97. The van der Waals surface area contributed by atoms with E-state index in [1.807, 2.05) is 13.0 Å². The Kier molecular flexibility index (Phi) is 6.68. The van der Waals surface area contributed by atoms with Gasteiger partial charge in [-0.1, -0.05) is 27.2 Å². The van der Waals surface area contributed by atoms with Gasteiger partial charge in [-0.25, -0.2) is 4.39 Å². The molecule has 0 spiro atoms. The predicted molar refractivity (Wildman–Crippen MR) is 79.3 cm³/mol. The number of hydrogen-bond donors (Lipinski definition) is 1. The van der Waals surface area contributed by atoms with E-state index < -0.39 is 0 Å². The number of anilines is 1. The first kappa shape index (κ1) is 15.8. The van der Waals surface area contributed by atoms with E-state index in [1.165, 1.54) is 12.5 Å². The summed E-state index contributed by atoms with van der Waals surface area (Å²) in [6, 6.07) is 5.49. The van der Waals surface area contributed by atoms with Crippen molar-refractivity contribution < 1.29 is 9.13 Å². The minimum atomic E-state index is -0.301. The normalized spacial score (nSPS) is 13.9. The Morgan fingerprint density at radius 1 is 1.21 bits per heavy atom. The van der Waals surface area contributed by atoms with Gasteiger partial charge >= 0.3 is 0 Å². The fraction of sp³-hybridized carbons (Fsp3) is 0.625. The van der Waals surface area contributed by atoms with Crippen LogP contribution in [0.3, 0.4) is 0 Å². The van der Waals surface area contributed by atoms with Gasteiger partial charge in [-0.3, -0.25) is 0 Å². The molecule has 0 heterocycles. The van der Waals surface area contributed by atoms with Gasteiger partial charge in [0.2, 0.25) is 0 Å². The molecule has 2 nitrogen and oxygen atoms in total. The second-order valence-corrected chi connectivity index (χ2v) is 5.08. The van der Waals surface area contributed by atoms with Crippen molar-refractivity contribution in [2.24, 2.45) is 5.92 Å². The molecule has 0 aromatic heterocycles. The van der Waals surface area contributed by atoms with E-state index in [-0.39, 0.29) is 5.82 Å². The first-order chi connectivity index (χ1) is 9.10. The zero-order valence-corrected chi connectivity index (χ0v) is 12.5. The second-order valence-electron chi connectivity index (χ2n) is 5.08. The van der Waals surface area contributed by atoms with Gasteiger partial charge in [0.05, 0.1) is 6.61 Å². The number of benzene rings is 1. The molecule has 3 heteroatoms. The van der Waals surface area contributed by atoms with Gasteiger partial charge in [0.25, 0.3) is 0 Å². The monoisotopic (exact) mass is 267 g/mol. The molecule has 1 aromatic carbocycles. The van der Waals surface area contributed by atoms with E-state index in [4.69, 9.17) is 4.74 Å². The average molecular weight is 267 g/mol. The zero-order chi connectivity index (χ0) is 14.3. The van der Waals surface area contributed by atoms with E-state index in [9.17, 15) is 4.39 Å². The van der Waals surface area contributed by atoms with Crippen LogP contribution in [0.1, 0.15) is 47.0 Å². The molecular formula is C16H26FNO. The highest BCUT2D eigenvalue weighted by atomic mass is 19.1. The molecule has 2 atom stereocenters. The maximum Gasteiger partial charge on any atom is 0.167 e. The Bertz CT molecular complexity index is 381. The molecule has 0 amide bonds. The number of nitrogens with one attached hydrogen (secondary N) is 1. The number of hydrogen-bond acceptors (Lipinski definition) is 2. The number of rotatable bonds is 8. The summed E-state index contributed by atoms with van der Waals surface area (Å²) in [4.78, 5) is 0. The van der Waals surface area contributed by atoms with Crippen LogP contribution in [-0.2, 0) is 0 Å². The van der Waals surface area contributed by atoms with Gasteiger partial charge in [-0.05, 0) is 37.8 Å². The third-order valence-electron chi connectivity index (χ3n) is 3.48. The molecule has 1 aromatic rings. The van der Waals surface area contributed by atoms with Crippen LogP contribution in [0, 0.1) is 11.7 Å². The Hall–Kier alpha value is -1.25. The van der Waals surface area contributed by atoms with E-state index in [0.717, 1.165) is 18.5 Å². The highest BCUT2D eigenvalue weighted by Gasteiger charge is 2.11. The summed E-state index contributed by atoms with van der Waals surface area (Å²) in [7, 11) is 0. The van der Waals surface area contributed by atoms with Crippen LogP contribution < -0.4 is 10.1 Å². The molecule has 0 aliphatic carbocycles. The summed E-state index contributed by atoms with van der Waals surface area (Å²) in [6.07, 6.45) is 3.33. The minimum Gasteiger partial charge on any atom is -0.491 e. The van der Waals surface area contributed by atoms with Crippen molar-refractivity contribution in [1.82, 2.24) is 0 Å². The smallest absolute Gasteiger partial charge is 0.167 e. The quantitative estimate of drug-likeness (QED) is 0.727. The molecule has 0 aliphatic heterocycles. The minimum absolute atomic E-state index is 0.301. The van der Waals surface area contributed by atoms with Gasteiger partial charge in [-0.15, -0.1) is 0 Å². The van der Waals surface area contributed by atoms with Crippen molar-refractivity contribution in [2.75, 3.05) is 11.9 Å². The van der Waals surface area contributed by atoms with E-state index in [2.05, 4.69) is 26.1 Å². The highest BCUT2D eigenvalue weighted by molar-refractivity contribution is 5.48. The predicted octanol–water partition coefficient (Wildman–Crippen LogP) is 4.85. The first-order valence-electron chi connectivity index (χ1n) is 7.29. The third-order valence-corrected chi connectivity index (χ3v) is 3.48. The molecule has 0 saturated carbocycles. The molecule has 0 bridgehead atoms. The van der Waals surface area contributed by atoms with Gasteiger partial charge < -0.3 is 10.1 Å². The van der Waals surface area contributed by atoms with Gasteiger partial charge in [0.1, 0.15) is 0 Å². The van der Waals surface area contributed by atoms with Crippen molar-refractivity contribution in [2.45, 2.75) is 53.0 Å². The van der Waals surface area contributed by atoms with Gasteiger partial charge in [0.15, 0.2) is 11.6 Å². The largest absolute Gasteiger partial charge is 0.491 e. The second kappa shape index (κ2) is 8.03. The molecule has 0 radical (unpaired) electrons. The third kappa shape index (κ3) is 5.09. The fourth-order valence-electron chi connectivity index (χ4n) is 2.08. The lowest BCUT2D eigenvalue weighted by Crippen LogP contribution is -2.21. The topological polar surface area (TPSA) is 21.3 Å². The molecule has 1 rings (SSSR count). The standard InChI is InChI=1S/C16H26FNO/c1-5-12(4)10-13(6-2)18-14-8-9-16(19-7-3)15(17)11-14/h8-9,11-13,18H,5-7,10H2,1-4H3. The lowest BCUT2D eigenvalue weighted by molar-refractivity contribution is 0.321. The number of ether oxygens (including phenoxy) is 1.